The molecule has 0 bridgehead atoms. The Morgan fingerprint density at radius 2 is 1.76 bits per heavy atom. The summed E-state index contributed by atoms with van der Waals surface area (Å²) >= 11 is 0. The van der Waals surface area contributed by atoms with E-state index in [9.17, 15) is 13.2 Å². The number of piperidine rings is 1. The van der Waals surface area contributed by atoms with Crippen LogP contribution in [0, 0.1) is 19.8 Å². The molecule has 2 heterocycles. The minimum Gasteiger partial charge on any atom is -0.342 e. The molecule has 0 radical (unpaired) electrons. The number of sulfonamides is 1. The minimum absolute atomic E-state index is 0.0740. The van der Waals surface area contributed by atoms with Crippen LogP contribution in [0.25, 0.3) is 0 Å². The molecule has 174 valence electrons. The number of imidazole rings is 1. The first kappa shape index (κ1) is 23.2. The molecule has 1 aliphatic rings. The smallest absolute Gasteiger partial charge is 0.243 e. The first-order chi connectivity index (χ1) is 15.8. The molecule has 0 spiro atoms. The highest BCUT2D eigenvalue weighted by Gasteiger charge is 2.33. The number of hydrogen-bond acceptors (Lipinski definition) is 4. The SMILES string of the molecule is Cc1ccc(S(=O)(=O)N2CCC(C(=O)N[C@H](c3ccccc3)c3nccn3C)CC2)cc1C. The van der Waals surface area contributed by atoms with E-state index in [1.54, 1.807) is 18.3 Å². The van der Waals surface area contributed by atoms with Crippen molar-refractivity contribution in [3.8, 4) is 0 Å². The van der Waals surface area contributed by atoms with Gasteiger partial charge in [-0.2, -0.15) is 4.31 Å². The topological polar surface area (TPSA) is 84.3 Å². The van der Waals surface area contributed by atoms with Crippen molar-refractivity contribution in [2.24, 2.45) is 13.0 Å². The molecule has 1 atom stereocenters. The second kappa shape index (κ2) is 9.49. The molecule has 0 aliphatic carbocycles. The average Bonchev–Trinajstić information content (AvgIpc) is 3.25. The maximum atomic E-state index is 13.2. The van der Waals surface area contributed by atoms with Crippen molar-refractivity contribution in [3.63, 3.8) is 0 Å². The number of hydrogen-bond donors (Lipinski definition) is 1. The molecule has 3 aromatic rings. The third kappa shape index (κ3) is 4.86. The summed E-state index contributed by atoms with van der Waals surface area (Å²) in [5.74, 6) is 0.432. The summed E-state index contributed by atoms with van der Waals surface area (Å²) in [7, 11) is -1.67. The van der Waals surface area contributed by atoms with Gasteiger partial charge in [0.15, 0.2) is 0 Å². The Bertz CT molecular complexity index is 1230. The molecule has 33 heavy (non-hydrogen) atoms. The average molecular weight is 467 g/mol. The number of amides is 1. The molecule has 1 fully saturated rings. The largest absolute Gasteiger partial charge is 0.342 e. The predicted molar refractivity (Wildman–Crippen MR) is 127 cm³/mol. The van der Waals surface area contributed by atoms with Gasteiger partial charge in [0.2, 0.25) is 15.9 Å². The lowest BCUT2D eigenvalue weighted by atomic mass is 9.96. The number of benzene rings is 2. The van der Waals surface area contributed by atoms with E-state index < -0.39 is 10.0 Å². The highest BCUT2D eigenvalue weighted by molar-refractivity contribution is 7.89. The van der Waals surface area contributed by atoms with Crippen molar-refractivity contribution in [1.82, 2.24) is 19.2 Å². The third-order valence-corrected chi connectivity index (χ3v) is 8.37. The first-order valence-electron chi connectivity index (χ1n) is 11.2. The Kier molecular flexibility index (Phi) is 6.67. The van der Waals surface area contributed by atoms with Gasteiger partial charge in [-0.05, 0) is 55.5 Å². The van der Waals surface area contributed by atoms with Crippen molar-refractivity contribution in [3.05, 3.63) is 83.4 Å². The van der Waals surface area contributed by atoms with Crippen LogP contribution < -0.4 is 5.32 Å². The fourth-order valence-corrected chi connectivity index (χ4v) is 5.80. The minimum atomic E-state index is -3.57. The molecule has 4 rings (SSSR count). The van der Waals surface area contributed by atoms with E-state index in [2.05, 4.69) is 10.3 Å². The van der Waals surface area contributed by atoms with Gasteiger partial charge in [0.05, 0.1) is 4.90 Å². The third-order valence-electron chi connectivity index (χ3n) is 6.48. The van der Waals surface area contributed by atoms with Gasteiger partial charge in [-0.25, -0.2) is 13.4 Å². The molecule has 1 aromatic heterocycles. The van der Waals surface area contributed by atoms with Crippen molar-refractivity contribution in [1.29, 1.82) is 0 Å². The van der Waals surface area contributed by atoms with Crippen molar-refractivity contribution >= 4 is 15.9 Å². The normalized spacial score (nSPS) is 16.5. The van der Waals surface area contributed by atoms with Gasteiger partial charge in [0.25, 0.3) is 0 Å². The molecule has 0 unspecified atom stereocenters. The van der Waals surface area contributed by atoms with Crippen LogP contribution in [0.2, 0.25) is 0 Å². The Morgan fingerprint density at radius 1 is 1.06 bits per heavy atom. The second-order valence-electron chi connectivity index (χ2n) is 8.67. The number of nitrogens with zero attached hydrogens (tertiary/aromatic N) is 3. The standard InChI is InChI=1S/C25H30N4O3S/c1-18-9-10-22(17-19(18)2)33(31,32)29-14-11-21(12-15-29)25(30)27-23(20-7-5-4-6-8-20)24-26-13-16-28(24)3/h4-10,13,16-17,21,23H,11-12,14-15H2,1-3H3,(H,27,30)/t23-/m1/s1. The zero-order valence-electron chi connectivity index (χ0n) is 19.2. The molecule has 2 aromatic carbocycles. The van der Waals surface area contributed by atoms with Crippen LogP contribution in [0.15, 0.2) is 65.8 Å². The summed E-state index contributed by atoms with van der Waals surface area (Å²) in [4.78, 5) is 17.9. The van der Waals surface area contributed by atoms with E-state index in [-0.39, 0.29) is 17.9 Å². The van der Waals surface area contributed by atoms with E-state index >= 15 is 0 Å². The van der Waals surface area contributed by atoms with Crippen molar-refractivity contribution in [2.75, 3.05) is 13.1 Å². The Morgan fingerprint density at radius 3 is 2.36 bits per heavy atom. The van der Waals surface area contributed by atoms with Gasteiger partial charge >= 0.3 is 0 Å². The van der Waals surface area contributed by atoms with Crippen LogP contribution >= 0.6 is 0 Å². The van der Waals surface area contributed by atoms with Crippen LogP contribution in [-0.4, -0.2) is 41.3 Å². The van der Waals surface area contributed by atoms with Crippen LogP contribution in [-0.2, 0) is 21.9 Å². The summed E-state index contributed by atoms with van der Waals surface area (Å²) in [5.41, 5.74) is 2.96. The quantitative estimate of drug-likeness (QED) is 0.604. The maximum absolute atomic E-state index is 13.2. The molecular weight excluding hydrogens is 436 g/mol. The van der Waals surface area contributed by atoms with Crippen LogP contribution in [0.1, 0.15) is 41.4 Å². The zero-order valence-corrected chi connectivity index (χ0v) is 20.0. The predicted octanol–water partition coefficient (Wildman–Crippen LogP) is 3.34. The summed E-state index contributed by atoms with van der Waals surface area (Å²) in [6.45, 7) is 4.52. The number of rotatable bonds is 6. The summed E-state index contributed by atoms with van der Waals surface area (Å²) in [5, 5.41) is 3.15. The Labute approximate surface area is 195 Å². The first-order valence-corrected chi connectivity index (χ1v) is 12.6. The lowest BCUT2D eigenvalue weighted by molar-refractivity contribution is -0.126. The molecular formula is C25H30N4O3S. The molecule has 1 saturated heterocycles. The Hall–Kier alpha value is -2.97. The van der Waals surface area contributed by atoms with E-state index in [0.717, 1.165) is 22.5 Å². The lowest BCUT2D eigenvalue weighted by Crippen LogP contribution is -2.44. The van der Waals surface area contributed by atoms with E-state index in [1.165, 1.54) is 4.31 Å². The van der Waals surface area contributed by atoms with Crippen LogP contribution in [0.3, 0.4) is 0 Å². The number of carbonyl (C=O) groups is 1. The summed E-state index contributed by atoms with van der Waals surface area (Å²) in [6.07, 6.45) is 4.54. The Balaban J connectivity index is 1.45. The van der Waals surface area contributed by atoms with E-state index in [4.69, 9.17) is 0 Å². The molecule has 8 heteroatoms. The molecule has 1 amide bonds. The fourth-order valence-electron chi connectivity index (χ4n) is 4.24. The van der Waals surface area contributed by atoms with E-state index in [0.29, 0.717) is 30.8 Å². The van der Waals surface area contributed by atoms with Crippen molar-refractivity contribution < 1.29 is 13.2 Å². The number of nitrogens with one attached hydrogen (secondary N) is 1. The van der Waals surface area contributed by atoms with Gasteiger partial charge < -0.3 is 9.88 Å². The summed E-state index contributed by atoms with van der Waals surface area (Å²) < 4.78 is 29.6. The van der Waals surface area contributed by atoms with Gasteiger partial charge in [0.1, 0.15) is 11.9 Å². The highest BCUT2D eigenvalue weighted by atomic mass is 32.2. The number of aromatic nitrogens is 2. The van der Waals surface area contributed by atoms with Crippen molar-refractivity contribution in [2.45, 2.75) is 37.6 Å². The maximum Gasteiger partial charge on any atom is 0.243 e. The van der Waals surface area contributed by atoms with Crippen LogP contribution in [0.4, 0.5) is 0 Å². The molecule has 1 aliphatic heterocycles. The molecule has 1 N–H and O–H groups in total. The van der Waals surface area contributed by atoms with Gasteiger partial charge in [0, 0.05) is 38.4 Å². The van der Waals surface area contributed by atoms with Gasteiger partial charge in [-0.1, -0.05) is 36.4 Å². The second-order valence-corrected chi connectivity index (χ2v) is 10.6. The van der Waals surface area contributed by atoms with Gasteiger partial charge in [-0.15, -0.1) is 0 Å². The number of aryl methyl sites for hydroxylation is 3. The molecule has 0 saturated carbocycles. The monoisotopic (exact) mass is 466 g/mol. The number of carbonyl (C=O) groups excluding carboxylic acids is 1. The van der Waals surface area contributed by atoms with E-state index in [1.807, 2.05) is 68.1 Å². The lowest BCUT2D eigenvalue weighted by Gasteiger charge is -2.31. The zero-order chi connectivity index (χ0) is 23.6. The highest BCUT2D eigenvalue weighted by Crippen LogP contribution is 2.27. The fraction of sp³-hybridized carbons (Fsp3) is 0.360. The summed E-state index contributed by atoms with van der Waals surface area (Å²) in [6, 6.07) is 14.6. The van der Waals surface area contributed by atoms with Gasteiger partial charge in [-0.3, -0.25) is 4.79 Å². The van der Waals surface area contributed by atoms with Crippen LogP contribution in [0.5, 0.6) is 0 Å². The molecule has 7 nitrogen and oxygen atoms in total.